The molecule has 0 amide bonds. The van der Waals surface area contributed by atoms with E-state index in [0.29, 0.717) is 28.7 Å². The van der Waals surface area contributed by atoms with Crippen molar-refractivity contribution in [1.82, 2.24) is 4.31 Å². The molecule has 0 bridgehead atoms. The zero-order valence-electron chi connectivity index (χ0n) is 12.3. The van der Waals surface area contributed by atoms with Crippen LogP contribution in [0.1, 0.15) is 19.4 Å². The van der Waals surface area contributed by atoms with Gasteiger partial charge < -0.3 is 5.73 Å². The summed E-state index contributed by atoms with van der Waals surface area (Å²) in [6.07, 6.45) is 0. The van der Waals surface area contributed by atoms with Gasteiger partial charge in [0.2, 0.25) is 10.0 Å². The number of hydrogen-bond acceptors (Lipinski definition) is 3. The molecule has 0 fully saturated rings. The van der Waals surface area contributed by atoms with Gasteiger partial charge >= 0.3 is 0 Å². The maximum Gasteiger partial charge on any atom is 0.218 e. The van der Waals surface area contributed by atoms with E-state index < -0.39 is 10.0 Å². The monoisotopic (exact) mass is 374 g/mol. The second kappa shape index (κ2) is 7.99. The minimum Gasteiger partial charge on any atom is -0.330 e. The zero-order valence-corrected chi connectivity index (χ0v) is 15.4. The molecule has 4 nitrogen and oxygen atoms in total. The van der Waals surface area contributed by atoms with Gasteiger partial charge in [0.25, 0.3) is 0 Å². The molecule has 0 heterocycles. The molecule has 0 spiro atoms. The molecule has 0 radical (unpaired) electrons. The van der Waals surface area contributed by atoms with Crippen molar-refractivity contribution >= 4 is 45.6 Å². The standard InChI is InChI=1S/C13H20Cl2N2O2S.ClH/c1-13(2,8-16)9-17(3)20(18,19)7-10-4-5-11(14)12(15)6-10;/h4-6H,7-9,16H2,1-3H3;1H. The van der Waals surface area contributed by atoms with Gasteiger partial charge in [-0.15, -0.1) is 12.4 Å². The number of hydrogen-bond donors (Lipinski definition) is 1. The van der Waals surface area contributed by atoms with E-state index in [1.54, 1.807) is 25.2 Å². The molecule has 0 atom stereocenters. The average Bonchev–Trinajstić information content (AvgIpc) is 2.33. The van der Waals surface area contributed by atoms with E-state index in [0.717, 1.165) is 0 Å². The van der Waals surface area contributed by atoms with E-state index in [4.69, 9.17) is 28.9 Å². The number of rotatable bonds is 6. The summed E-state index contributed by atoms with van der Waals surface area (Å²) >= 11 is 11.7. The number of nitrogens with two attached hydrogens (primary N) is 1. The van der Waals surface area contributed by atoms with Gasteiger partial charge in [0.15, 0.2) is 0 Å². The predicted octanol–water partition coefficient (Wildman–Crippen LogP) is 3.16. The summed E-state index contributed by atoms with van der Waals surface area (Å²) in [5.74, 6) is -0.110. The van der Waals surface area contributed by atoms with Crippen molar-refractivity contribution in [2.75, 3.05) is 20.1 Å². The van der Waals surface area contributed by atoms with Crippen molar-refractivity contribution in [2.24, 2.45) is 11.1 Å². The summed E-state index contributed by atoms with van der Waals surface area (Å²) in [4.78, 5) is 0. The van der Waals surface area contributed by atoms with Gasteiger partial charge in [-0.2, -0.15) is 0 Å². The lowest BCUT2D eigenvalue weighted by molar-refractivity contribution is 0.291. The highest BCUT2D eigenvalue weighted by molar-refractivity contribution is 7.88. The summed E-state index contributed by atoms with van der Waals surface area (Å²) in [7, 11) is -1.85. The summed E-state index contributed by atoms with van der Waals surface area (Å²) < 4.78 is 25.9. The Hall–Kier alpha value is -0.0400. The van der Waals surface area contributed by atoms with Gasteiger partial charge in [0.05, 0.1) is 15.8 Å². The number of benzene rings is 1. The van der Waals surface area contributed by atoms with Gasteiger partial charge in [-0.05, 0) is 29.7 Å². The van der Waals surface area contributed by atoms with Crippen LogP contribution in [0, 0.1) is 5.41 Å². The van der Waals surface area contributed by atoms with Crippen LogP contribution in [0.3, 0.4) is 0 Å². The molecule has 0 aliphatic heterocycles. The Bertz CT molecular complexity index is 577. The molecule has 122 valence electrons. The highest BCUT2D eigenvalue weighted by atomic mass is 35.5. The predicted molar refractivity (Wildman–Crippen MR) is 91.8 cm³/mol. The molecule has 1 aromatic carbocycles. The van der Waals surface area contributed by atoms with Crippen LogP contribution in [0.4, 0.5) is 0 Å². The van der Waals surface area contributed by atoms with Gasteiger partial charge in [0.1, 0.15) is 0 Å². The molecule has 0 aliphatic carbocycles. The van der Waals surface area contributed by atoms with E-state index in [9.17, 15) is 8.42 Å². The second-order valence-corrected chi connectivity index (χ2v) is 8.52. The third-order valence-corrected chi connectivity index (χ3v) is 5.53. The molecule has 0 saturated heterocycles. The van der Waals surface area contributed by atoms with Crippen LogP contribution >= 0.6 is 35.6 Å². The highest BCUT2D eigenvalue weighted by Gasteiger charge is 2.26. The molecule has 21 heavy (non-hydrogen) atoms. The smallest absolute Gasteiger partial charge is 0.218 e. The first kappa shape index (κ1) is 21.0. The van der Waals surface area contributed by atoms with Crippen LogP contribution < -0.4 is 5.73 Å². The van der Waals surface area contributed by atoms with Crippen LogP contribution in [-0.2, 0) is 15.8 Å². The van der Waals surface area contributed by atoms with E-state index in [1.165, 1.54) is 4.31 Å². The van der Waals surface area contributed by atoms with Crippen LogP contribution in [-0.4, -0.2) is 32.9 Å². The first-order chi connectivity index (χ1) is 9.07. The van der Waals surface area contributed by atoms with Crippen LogP contribution in [0.2, 0.25) is 10.0 Å². The normalized spacial score (nSPS) is 12.3. The highest BCUT2D eigenvalue weighted by Crippen LogP contribution is 2.24. The molecule has 0 aromatic heterocycles. The Kier molecular flexibility index (Phi) is 7.98. The Labute approximate surface area is 143 Å². The number of halogens is 3. The molecular weight excluding hydrogens is 355 g/mol. The molecule has 0 saturated carbocycles. The topological polar surface area (TPSA) is 63.4 Å². The minimum absolute atomic E-state index is 0. The number of sulfonamides is 1. The Morgan fingerprint density at radius 1 is 1.24 bits per heavy atom. The van der Waals surface area contributed by atoms with Crippen LogP contribution in [0.15, 0.2) is 18.2 Å². The van der Waals surface area contributed by atoms with E-state index in [1.807, 2.05) is 13.8 Å². The third kappa shape index (κ3) is 6.30. The summed E-state index contributed by atoms with van der Waals surface area (Å²) in [5, 5.41) is 0.759. The van der Waals surface area contributed by atoms with Gasteiger partial charge in [-0.25, -0.2) is 12.7 Å². The summed E-state index contributed by atoms with van der Waals surface area (Å²) in [6.45, 7) is 4.64. The van der Waals surface area contributed by atoms with E-state index >= 15 is 0 Å². The average molecular weight is 376 g/mol. The maximum atomic E-state index is 12.3. The second-order valence-electron chi connectivity index (χ2n) is 5.63. The van der Waals surface area contributed by atoms with Crippen molar-refractivity contribution in [3.63, 3.8) is 0 Å². The number of nitrogens with zero attached hydrogens (tertiary/aromatic N) is 1. The lowest BCUT2D eigenvalue weighted by Gasteiger charge is -2.28. The first-order valence-electron chi connectivity index (χ1n) is 6.15. The Morgan fingerprint density at radius 3 is 2.29 bits per heavy atom. The van der Waals surface area contributed by atoms with Gasteiger partial charge in [0, 0.05) is 13.6 Å². The van der Waals surface area contributed by atoms with Crippen LogP contribution in [0.25, 0.3) is 0 Å². The molecule has 1 aromatic rings. The van der Waals surface area contributed by atoms with Crippen molar-refractivity contribution < 1.29 is 8.42 Å². The van der Waals surface area contributed by atoms with Gasteiger partial charge in [-0.3, -0.25) is 0 Å². The SMILES string of the molecule is CN(CC(C)(C)CN)S(=O)(=O)Cc1ccc(Cl)c(Cl)c1.Cl. The molecular formula is C13H21Cl3N2O2S. The van der Waals surface area contributed by atoms with Crippen molar-refractivity contribution in [3.8, 4) is 0 Å². The molecule has 2 N–H and O–H groups in total. The van der Waals surface area contributed by atoms with Crippen molar-refractivity contribution in [2.45, 2.75) is 19.6 Å². The zero-order chi connectivity index (χ0) is 15.6. The fourth-order valence-electron chi connectivity index (χ4n) is 1.72. The summed E-state index contributed by atoms with van der Waals surface area (Å²) in [6, 6.07) is 4.83. The van der Waals surface area contributed by atoms with Crippen LogP contribution in [0.5, 0.6) is 0 Å². The molecule has 1 rings (SSSR count). The van der Waals surface area contributed by atoms with E-state index in [-0.39, 0.29) is 23.6 Å². The fourth-order valence-corrected chi connectivity index (χ4v) is 3.40. The summed E-state index contributed by atoms with van der Waals surface area (Å²) in [5.41, 5.74) is 5.98. The van der Waals surface area contributed by atoms with E-state index in [2.05, 4.69) is 0 Å². The lowest BCUT2D eigenvalue weighted by atomic mass is 9.94. The minimum atomic E-state index is -3.41. The van der Waals surface area contributed by atoms with Crippen molar-refractivity contribution in [3.05, 3.63) is 33.8 Å². The molecule has 8 heteroatoms. The maximum absolute atomic E-state index is 12.3. The largest absolute Gasteiger partial charge is 0.330 e. The third-order valence-electron chi connectivity index (χ3n) is 3.01. The lowest BCUT2D eigenvalue weighted by Crippen LogP contribution is -2.40. The fraction of sp³-hybridized carbons (Fsp3) is 0.538. The Balaban J connectivity index is 0.00000400. The van der Waals surface area contributed by atoms with Gasteiger partial charge in [-0.1, -0.05) is 43.1 Å². The quantitative estimate of drug-likeness (QED) is 0.830. The van der Waals surface area contributed by atoms with Crippen molar-refractivity contribution in [1.29, 1.82) is 0 Å². The molecule has 0 unspecified atom stereocenters. The Morgan fingerprint density at radius 2 is 1.81 bits per heavy atom. The first-order valence-corrected chi connectivity index (χ1v) is 8.52. The molecule has 0 aliphatic rings.